The van der Waals surface area contributed by atoms with Crippen LogP contribution in [0.25, 0.3) is 0 Å². The second-order valence-corrected chi connectivity index (χ2v) is 8.47. The van der Waals surface area contributed by atoms with Gasteiger partial charge in [0.1, 0.15) is 11.6 Å². The number of hydrogen-bond donors (Lipinski definition) is 3. The van der Waals surface area contributed by atoms with Crippen molar-refractivity contribution in [3.05, 3.63) is 89.2 Å². The van der Waals surface area contributed by atoms with Crippen LogP contribution in [0, 0.1) is 11.6 Å². The summed E-state index contributed by atoms with van der Waals surface area (Å²) < 4.78 is 27.3. The number of thioether (sulfide) groups is 1. The quantitative estimate of drug-likeness (QED) is 0.307. The monoisotopic (exact) mass is 472 g/mol. The smallest absolute Gasteiger partial charge is 0.287 e. The Bertz CT molecular complexity index is 1040. The van der Waals surface area contributed by atoms with Gasteiger partial charge in [0, 0.05) is 43.3 Å². The summed E-state index contributed by atoms with van der Waals surface area (Å²) in [5.74, 6) is -1.43. The van der Waals surface area contributed by atoms with Crippen LogP contribution in [0.4, 0.5) is 13.6 Å². The van der Waals surface area contributed by atoms with Crippen LogP contribution in [0.15, 0.2) is 66.1 Å². The van der Waals surface area contributed by atoms with Crippen molar-refractivity contribution >= 4 is 17.0 Å². The third-order valence-corrected chi connectivity index (χ3v) is 5.65. The number of aromatic nitrogens is 2. The van der Waals surface area contributed by atoms with Crippen molar-refractivity contribution in [3.8, 4) is 0 Å². The van der Waals surface area contributed by atoms with Gasteiger partial charge in [-0.1, -0.05) is 31.2 Å². The maximum atomic E-state index is 13.7. The van der Waals surface area contributed by atoms with Gasteiger partial charge in [-0.25, -0.2) is 18.7 Å². The Morgan fingerprint density at radius 2 is 1.73 bits per heavy atom. The topological polar surface area (TPSA) is 87.1 Å². The van der Waals surface area contributed by atoms with Gasteiger partial charge in [0.2, 0.25) is 0 Å². The molecule has 6 nitrogen and oxygen atoms in total. The molecule has 0 saturated heterocycles. The molecule has 0 fully saturated rings. The van der Waals surface area contributed by atoms with E-state index in [1.54, 1.807) is 6.07 Å². The lowest BCUT2D eigenvalue weighted by Crippen LogP contribution is -2.47. The molecule has 0 spiro atoms. The van der Waals surface area contributed by atoms with Gasteiger partial charge in [0.15, 0.2) is 5.16 Å². The molecule has 0 radical (unpaired) electrons. The second kappa shape index (κ2) is 12.4. The molecule has 9 heteroatoms. The van der Waals surface area contributed by atoms with Gasteiger partial charge in [-0.3, -0.25) is 4.79 Å². The van der Waals surface area contributed by atoms with Crippen molar-refractivity contribution in [3.63, 3.8) is 0 Å². The highest BCUT2D eigenvalue weighted by molar-refractivity contribution is 8.13. The van der Waals surface area contributed by atoms with Crippen LogP contribution < -0.4 is 10.6 Å². The highest BCUT2D eigenvalue weighted by atomic mass is 32.2. The number of halogens is 2. The molecule has 1 aromatic heterocycles. The summed E-state index contributed by atoms with van der Waals surface area (Å²) in [5, 5.41) is 16.5. The summed E-state index contributed by atoms with van der Waals surface area (Å²) in [6.07, 6.45) is 3.00. The fraction of sp³-hybridized carbons (Fsp3) is 0.292. The number of hydrogen-bond acceptors (Lipinski definition) is 6. The van der Waals surface area contributed by atoms with Gasteiger partial charge in [-0.2, -0.15) is 0 Å². The van der Waals surface area contributed by atoms with E-state index in [9.17, 15) is 18.7 Å². The Labute approximate surface area is 195 Å². The van der Waals surface area contributed by atoms with Crippen LogP contribution in [-0.2, 0) is 19.4 Å². The van der Waals surface area contributed by atoms with E-state index in [4.69, 9.17) is 0 Å². The summed E-state index contributed by atoms with van der Waals surface area (Å²) >= 11 is 0.779. The lowest BCUT2D eigenvalue weighted by Gasteiger charge is -2.24. The molecule has 33 heavy (non-hydrogen) atoms. The number of carbonyl (C=O) groups is 1. The average Bonchev–Trinajstić information content (AvgIpc) is 2.78. The van der Waals surface area contributed by atoms with Gasteiger partial charge >= 0.3 is 0 Å². The van der Waals surface area contributed by atoms with E-state index in [-0.39, 0.29) is 18.1 Å². The third kappa shape index (κ3) is 8.20. The molecule has 3 rings (SSSR count). The number of aliphatic hydroxyl groups excluding tert-OH is 1. The molecule has 3 aromatic rings. The van der Waals surface area contributed by atoms with E-state index in [1.165, 1.54) is 30.1 Å². The number of aliphatic hydroxyl groups is 1. The molecule has 0 unspecified atom stereocenters. The van der Waals surface area contributed by atoms with E-state index >= 15 is 0 Å². The first-order valence-electron chi connectivity index (χ1n) is 10.6. The second-order valence-electron chi connectivity index (χ2n) is 7.53. The Balaban J connectivity index is 1.65. The number of nitrogens with zero attached hydrogens (tertiary/aromatic N) is 2. The van der Waals surface area contributed by atoms with Gasteiger partial charge in [0.05, 0.1) is 12.1 Å². The van der Waals surface area contributed by atoms with Crippen LogP contribution in [0.1, 0.15) is 23.6 Å². The minimum Gasteiger partial charge on any atom is -0.390 e. The van der Waals surface area contributed by atoms with E-state index in [1.807, 2.05) is 12.1 Å². The molecule has 1 amide bonds. The highest BCUT2D eigenvalue weighted by Gasteiger charge is 2.23. The van der Waals surface area contributed by atoms with Gasteiger partial charge in [-0.15, -0.1) is 0 Å². The van der Waals surface area contributed by atoms with Gasteiger partial charge in [0.25, 0.3) is 5.24 Å². The minimum atomic E-state index is -1.01. The Morgan fingerprint density at radius 3 is 2.42 bits per heavy atom. The van der Waals surface area contributed by atoms with Crippen LogP contribution in [0.5, 0.6) is 0 Å². The van der Waals surface area contributed by atoms with Crippen molar-refractivity contribution < 1.29 is 18.7 Å². The number of amides is 1. The molecule has 174 valence electrons. The first-order valence-corrected chi connectivity index (χ1v) is 11.4. The predicted molar refractivity (Wildman–Crippen MR) is 124 cm³/mol. The fourth-order valence-electron chi connectivity index (χ4n) is 3.33. The standard InChI is InChI=1S/C24H26F2N4O2S/c1-2-16-5-3-6-17(9-16)14-27-15-22(31)21(12-18-10-19(25)13-20(26)11-18)30-24(32)33-23-28-7-4-8-29-23/h3-11,13,21-22,27,31H,2,12,14-15H2,1H3,(H,30,32)/t21-,22+/m0/s1. The zero-order valence-electron chi connectivity index (χ0n) is 18.2. The van der Waals surface area contributed by atoms with E-state index < -0.39 is 29.0 Å². The maximum absolute atomic E-state index is 13.7. The first kappa shape index (κ1) is 24.8. The molecular formula is C24H26F2N4O2S. The normalized spacial score (nSPS) is 12.8. The van der Waals surface area contributed by atoms with Crippen molar-refractivity contribution in [1.82, 2.24) is 20.6 Å². The molecule has 0 bridgehead atoms. The third-order valence-electron chi connectivity index (χ3n) is 4.95. The number of carbonyl (C=O) groups excluding carboxylic acids is 1. The van der Waals surface area contributed by atoms with E-state index in [0.717, 1.165) is 29.8 Å². The van der Waals surface area contributed by atoms with Crippen molar-refractivity contribution in [2.45, 2.75) is 43.6 Å². The lowest BCUT2D eigenvalue weighted by molar-refractivity contribution is 0.129. The summed E-state index contributed by atoms with van der Waals surface area (Å²) in [5.41, 5.74) is 2.62. The van der Waals surface area contributed by atoms with E-state index in [2.05, 4.69) is 39.7 Å². The zero-order valence-corrected chi connectivity index (χ0v) is 19.0. The molecule has 0 aliphatic rings. The summed E-state index contributed by atoms with van der Waals surface area (Å²) in [4.78, 5) is 20.5. The van der Waals surface area contributed by atoms with Gasteiger partial charge < -0.3 is 15.7 Å². The van der Waals surface area contributed by atoms with Crippen LogP contribution in [0.3, 0.4) is 0 Å². The predicted octanol–water partition coefficient (Wildman–Crippen LogP) is 3.88. The molecule has 1 heterocycles. The number of aryl methyl sites for hydroxylation is 1. The van der Waals surface area contributed by atoms with E-state index in [0.29, 0.717) is 12.1 Å². The molecular weight excluding hydrogens is 446 g/mol. The molecule has 0 aliphatic heterocycles. The van der Waals surface area contributed by atoms with Crippen molar-refractivity contribution in [1.29, 1.82) is 0 Å². The lowest BCUT2D eigenvalue weighted by atomic mass is 10.0. The Hall–Kier alpha value is -2.88. The summed E-state index contributed by atoms with van der Waals surface area (Å²) in [6.45, 7) is 2.79. The van der Waals surface area contributed by atoms with Crippen LogP contribution in [0.2, 0.25) is 0 Å². The van der Waals surface area contributed by atoms with Crippen molar-refractivity contribution in [2.24, 2.45) is 0 Å². The van der Waals surface area contributed by atoms with Crippen molar-refractivity contribution in [2.75, 3.05) is 6.54 Å². The first-order chi connectivity index (χ1) is 15.9. The molecule has 3 N–H and O–H groups in total. The molecule has 0 saturated carbocycles. The minimum absolute atomic E-state index is 0.0464. The summed E-state index contributed by atoms with van der Waals surface area (Å²) in [6, 6.07) is 12.1. The Morgan fingerprint density at radius 1 is 1.03 bits per heavy atom. The number of rotatable bonds is 10. The molecule has 0 aliphatic carbocycles. The SMILES string of the molecule is CCc1cccc(CNC[C@@H](O)[C@H](Cc2cc(F)cc(F)c2)NC(=O)Sc2ncccn2)c1. The average molecular weight is 473 g/mol. The zero-order chi connectivity index (χ0) is 23.6. The Kier molecular flexibility index (Phi) is 9.29. The van der Waals surface area contributed by atoms with Gasteiger partial charge in [-0.05, 0) is 47.7 Å². The molecule has 2 atom stereocenters. The largest absolute Gasteiger partial charge is 0.390 e. The van der Waals surface area contributed by atoms with Crippen LogP contribution >= 0.6 is 11.8 Å². The number of nitrogens with one attached hydrogen (secondary N) is 2. The highest BCUT2D eigenvalue weighted by Crippen LogP contribution is 2.16. The molecule has 2 aromatic carbocycles. The van der Waals surface area contributed by atoms with Crippen LogP contribution in [-0.4, -0.2) is 39.0 Å². The number of benzene rings is 2. The fourth-order valence-corrected chi connectivity index (χ4v) is 3.94. The summed E-state index contributed by atoms with van der Waals surface area (Å²) in [7, 11) is 0. The maximum Gasteiger partial charge on any atom is 0.287 e.